The molecule has 0 bridgehead atoms. The molecule has 1 saturated heterocycles. The predicted octanol–water partition coefficient (Wildman–Crippen LogP) is 4.23. The van der Waals surface area contributed by atoms with Crippen molar-refractivity contribution in [3.8, 4) is 5.75 Å². The maximum Gasteiger partial charge on any atom is 0.315 e. The molecule has 0 radical (unpaired) electrons. The first-order valence-corrected chi connectivity index (χ1v) is 12.7. The van der Waals surface area contributed by atoms with E-state index in [1.807, 2.05) is 66.7 Å². The molecule has 1 aliphatic rings. The van der Waals surface area contributed by atoms with Crippen LogP contribution in [-0.4, -0.2) is 60.9 Å². The van der Waals surface area contributed by atoms with Gasteiger partial charge in [-0.05, 0) is 41.8 Å². The average molecular weight is 500 g/mol. The summed E-state index contributed by atoms with van der Waals surface area (Å²) in [4.78, 5) is 23.7. The number of nitrogens with one attached hydrogen (secondary N) is 3. The first-order chi connectivity index (χ1) is 18.2. The van der Waals surface area contributed by atoms with Gasteiger partial charge in [0.15, 0.2) is 0 Å². The number of ether oxygens (including phenoxy) is 2. The van der Waals surface area contributed by atoms with Crippen LogP contribution in [0.3, 0.4) is 0 Å². The summed E-state index contributed by atoms with van der Waals surface area (Å²) in [7, 11) is 1.65. The van der Waals surface area contributed by atoms with Crippen LogP contribution in [0.1, 0.15) is 29.0 Å². The molecule has 2 amide bonds. The summed E-state index contributed by atoms with van der Waals surface area (Å²) >= 11 is 0. The number of hydrogen-bond acceptors (Lipinski definition) is 5. The van der Waals surface area contributed by atoms with Crippen molar-refractivity contribution in [3.05, 3.63) is 95.8 Å². The van der Waals surface area contributed by atoms with E-state index in [0.29, 0.717) is 26.2 Å². The molecule has 37 heavy (non-hydrogen) atoms. The van der Waals surface area contributed by atoms with Crippen molar-refractivity contribution in [2.24, 2.45) is 0 Å². The van der Waals surface area contributed by atoms with Crippen molar-refractivity contribution in [1.82, 2.24) is 25.5 Å². The van der Waals surface area contributed by atoms with Gasteiger partial charge in [0.2, 0.25) is 0 Å². The molecule has 4 aromatic rings. The Morgan fingerprint density at radius 1 is 1.03 bits per heavy atom. The Bertz CT molecular complexity index is 1250. The number of hydrogen-bond donors (Lipinski definition) is 3. The van der Waals surface area contributed by atoms with E-state index < -0.39 is 0 Å². The lowest BCUT2D eigenvalue weighted by Gasteiger charge is -2.35. The summed E-state index contributed by atoms with van der Waals surface area (Å²) in [5.74, 6) is 1.52. The molecule has 0 spiro atoms. The number of para-hydroxylation sites is 2. The summed E-state index contributed by atoms with van der Waals surface area (Å²) in [5, 5.41) is 6.29. The van der Waals surface area contributed by atoms with Crippen molar-refractivity contribution in [2.75, 3.05) is 40.0 Å². The molecule has 192 valence electrons. The number of amides is 2. The molecular weight excluding hydrogens is 466 g/mol. The molecule has 2 heterocycles. The number of aromatic amines is 1. The zero-order chi connectivity index (χ0) is 25.5. The molecule has 0 saturated carbocycles. The highest BCUT2D eigenvalue weighted by Crippen LogP contribution is 2.23. The number of carbonyl (C=O) groups excluding carboxylic acids is 1. The van der Waals surface area contributed by atoms with Crippen LogP contribution in [0.2, 0.25) is 0 Å². The smallest absolute Gasteiger partial charge is 0.315 e. The number of nitrogens with zero attached hydrogens (tertiary/aromatic N) is 2. The van der Waals surface area contributed by atoms with Gasteiger partial charge in [0, 0.05) is 19.6 Å². The van der Waals surface area contributed by atoms with E-state index in [1.165, 1.54) is 5.56 Å². The standard InChI is InChI=1S/C29H33N5O3/c1-36-23-13-11-21(12-14-23)19-26(28-31-24-9-5-6-10-25(24)32-28)33-29(35)30-20-27(22-7-3-2-4-8-22)34-15-17-37-18-16-34/h2-14,26-27H,15-20H2,1H3,(H,31,32)(H2,30,33,35)/t26-,27?/m1/s1. The Hall–Kier alpha value is -3.88. The third kappa shape index (κ3) is 6.28. The molecule has 3 N–H and O–H groups in total. The maximum atomic E-state index is 13.2. The van der Waals surface area contributed by atoms with E-state index in [0.717, 1.165) is 41.3 Å². The van der Waals surface area contributed by atoms with Crippen LogP contribution in [0.25, 0.3) is 11.0 Å². The summed E-state index contributed by atoms with van der Waals surface area (Å²) < 4.78 is 10.8. The molecule has 1 aliphatic heterocycles. The number of carbonyl (C=O) groups is 1. The Kier molecular flexibility index (Phi) is 7.98. The second-order valence-electron chi connectivity index (χ2n) is 9.17. The predicted molar refractivity (Wildman–Crippen MR) is 144 cm³/mol. The van der Waals surface area contributed by atoms with E-state index >= 15 is 0 Å². The quantitative estimate of drug-likeness (QED) is 0.321. The summed E-state index contributed by atoms with van der Waals surface area (Å²) in [6.45, 7) is 3.56. The Labute approximate surface area is 217 Å². The second-order valence-corrected chi connectivity index (χ2v) is 9.17. The number of aromatic nitrogens is 2. The lowest BCUT2D eigenvalue weighted by molar-refractivity contribution is 0.0167. The minimum Gasteiger partial charge on any atom is -0.497 e. The van der Waals surface area contributed by atoms with Crippen LogP contribution in [0.15, 0.2) is 78.9 Å². The van der Waals surface area contributed by atoms with Crippen LogP contribution in [0.5, 0.6) is 5.75 Å². The number of rotatable bonds is 9. The summed E-state index contributed by atoms with van der Waals surface area (Å²) in [5.41, 5.74) is 4.06. The minimum absolute atomic E-state index is 0.0714. The van der Waals surface area contributed by atoms with Crippen molar-refractivity contribution in [1.29, 1.82) is 0 Å². The van der Waals surface area contributed by atoms with Crippen molar-refractivity contribution in [2.45, 2.75) is 18.5 Å². The number of methoxy groups -OCH3 is 1. The van der Waals surface area contributed by atoms with Gasteiger partial charge in [-0.3, -0.25) is 4.90 Å². The monoisotopic (exact) mass is 499 g/mol. The van der Waals surface area contributed by atoms with E-state index in [2.05, 4.69) is 32.7 Å². The number of benzene rings is 3. The van der Waals surface area contributed by atoms with Crippen molar-refractivity contribution in [3.63, 3.8) is 0 Å². The first-order valence-electron chi connectivity index (χ1n) is 12.7. The lowest BCUT2D eigenvalue weighted by atomic mass is 10.0. The molecule has 2 atom stereocenters. The van der Waals surface area contributed by atoms with E-state index in [1.54, 1.807) is 7.11 Å². The number of morpholine rings is 1. The third-order valence-corrected chi connectivity index (χ3v) is 6.77. The number of fused-ring (bicyclic) bond motifs is 1. The molecular formula is C29H33N5O3. The Morgan fingerprint density at radius 2 is 1.76 bits per heavy atom. The number of imidazole rings is 1. The van der Waals surface area contributed by atoms with Gasteiger partial charge in [-0.1, -0.05) is 54.6 Å². The number of urea groups is 1. The molecule has 1 unspecified atom stereocenters. The van der Waals surface area contributed by atoms with Crippen molar-refractivity contribution < 1.29 is 14.3 Å². The van der Waals surface area contributed by atoms with Gasteiger partial charge in [0.05, 0.1) is 43.4 Å². The van der Waals surface area contributed by atoms with Crippen LogP contribution >= 0.6 is 0 Å². The average Bonchev–Trinajstić information content (AvgIpc) is 3.39. The highest BCUT2D eigenvalue weighted by atomic mass is 16.5. The molecule has 8 heteroatoms. The highest BCUT2D eigenvalue weighted by molar-refractivity contribution is 5.76. The fourth-order valence-corrected chi connectivity index (χ4v) is 4.77. The summed E-state index contributed by atoms with van der Waals surface area (Å²) in [6, 6.07) is 25.6. The van der Waals surface area contributed by atoms with Gasteiger partial charge in [-0.25, -0.2) is 9.78 Å². The van der Waals surface area contributed by atoms with Crippen LogP contribution < -0.4 is 15.4 Å². The molecule has 1 aromatic heterocycles. The zero-order valence-corrected chi connectivity index (χ0v) is 21.0. The summed E-state index contributed by atoms with van der Waals surface area (Å²) in [6.07, 6.45) is 0.586. The highest BCUT2D eigenvalue weighted by Gasteiger charge is 2.24. The Balaban J connectivity index is 1.32. The van der Waals surface area contributed by atoms with E-state index in [4.69, 9.17) is 14.5 Å². The van der Waals surface area contributed by atoms with E-state index in [9.17, 15) is 4.79 Å². The normalized spacial score (nSPS) is 15.7. The molecule has 8 nitrogen and oxygen atoms in total. The topological polar surface area (TPSA) is 91.5 Å². The second kappa shape index (κ2) is 11.9. The van der Waals surface area contributed by atoms with Crippen molar-refractivity contribution >= 4 is 17.1 Å². The largest absolute Gasteiger partial charge is 0.497 e. The van der Waals surface area contributed by atoms with Gasteiger partial charge < -0.3 is 25.1 Å². The van der Waals surface area contributed by atoms with Gasteiger partial charge in [0.25, 0.3) is 0 Å². The lowest BCUT2D eigenvalue weighted by Crippen LogP contribution is -2.46. The van der Waals surface area contributed by atoms with Gasteiger partial charge >= 0.3 is 6.03 Å². The maximum absolute atomic E-state index is 13.2. The minimum atomic E-state index is -0.334. The van der Waals surface area contributed by atoms with Crippen LogP contribution in [-0.2, 0) is 11.2 Å². The Morgan fingerprint density at radius 3 is 2.49 bits per heavy atom. The molecule has 5 rings (SSSR count). The van der Waals surface area contributed by atoms with Gasteiger partial charge in [0.1, 0.15) is 11.6 Å². The zero-order valence-electron chi connectivity index (χ0n) is 21.0. The van der Waals surface area contributed by atoms with Crippen LogP contribution in [0.4, 0.5) is 4.79 Å². The van der Waals surface area contributed by atoms with E-state index in [-0.39, 0.29) is 18.1 Å². The van der Waals surface area contributed by atoms with Gasteiger partial charge in [-0.2, -0.15) is 0 Å². The fourth-order valence-electron chi connectivity index (χ4n) is 4.77. The fraction of sp³-hybridized carbons (Fsp3) is 0.310. The first kappa shape index (κ1) is 24.8. The molecule has 1 fully saturated rings. The van der Waals surface area contributed by atoms with Crippen LogP contribution in [0, 0.1) is 0 Å². The molecule has 0 aliphatic carbocycles. The SMILES string of the molecule is COc1ccc(C[C@@H](NC(=O)NCC(c2ccccc2)N2CCOCC2)c2nc3ccccc3[nH]2)cc1. The third-order valence-electron chi connectivity index (χ3n) is 6.77. The number of H-pyrrole nitrogens is 1. The molecule has 3 aromatic carbocycles. The van der Waals surface area contributed by atoms with Gasteiger partial charge in [-0.15, -0.1) is 0 Å².